The van der Waals surface area contributed by atoms with Crippen molar-refractivity contribution >= 4 is 11.9 Å². The van der Waals surface area contributed by atoms with Crippen LogP contribution in [0.15, 0.2) is 84.9 Å². The van der Waals surface area contributed by atoms with Crippen molar-refractivity contribution < 1.29 is 19.1 Å². The Balaban J connectivity index is 1.74. The summed E-state index contributed by atoms with van der Waals surface area (Å²) in [4.78, 5) is 24.0. The van der Waals surface area contributed by atoms with Crippen LogP contribution >= 0.6 is 0 Å². The second-order valence-corrected chi connectivity index (χ2v) is 6.07. The minimum atomic E-state index is -0.430. The highest BCUT2D eigenvalue weighted by Crippen LogP contribution is 2.28. The molecule has 0 amide bonds. The maximum Gasteiger partial charge on any atom is 0.337 e. The number of ether oxygens (including phenoxy) is 2. The van der Waals surface area contributed by atoms with E-state index >= 15 is 0 Å². The van der Waals surface area contributed by atoms with Crippen molar-refractivity contribution in [1.29, 1.82) is 0 Å². The van der Waals surface area contributed by atoms with E-state index in [0.717, 1.165) is 11.1 Å². The highest BCUT2D eigenvalue weighted by atomic mass is 16.5. The van der Waals surface area contributed by atoms with E-state index in [1.54, 1.807) is 24.3 Å². The third-order valence-electron chi connectivity index (χ3n) is 4.28. The highest BCUT2D eigenvalue weighted by molar-refractivity contribution is 5.89. The molecule has 0 bridgehead atoms. The molecule has 3 rings (SSSR count). The molecule has 0 aliphatic heterocycles. The van der Waals surface area contributed by atoms with Crippen LogP contribution in [0.4, 0.5) is 0 Å². The van der Waals surface area contributed by atoms with Gasteiger partial charge in [0.05, 0.1) is 19.1 Å². The van der Waals surface area contributed by atoms with Crippen molar-refractivity contribution in [3.63, 3.8) is 0 Å². The zero-order valence-electron chi connectivity index (χ0n) is 15.0. The van der Waals surface area contributed by atoms with E-state index in [-0.39, 0.29) is 18.3 Å². The number of methoxy groups -OCH3 is 1. The van der Waals surface area contributed by atoms with Crippen LogP contribution in [0.3, 0.4) is 0 Å². The molecule has 136 valence electrons. The summed E-state index contributed by atoms with van der Waals surface area (Å²) in [5.74, 6) is -0.457. The molecular formula is C23H20O4. The zero-order valence-corrected chi connectivity index (χ0v) is 15.0. The van der Waals surface area contributed by atoms with E-state index in [0.29, 0.717) is 11.3 Å². The first kappa shape index (κ1) is 18.4. The van der Waals surface area contributed by atoms with Crippen LogP contribution in [0.2, 0.25) is 0 Å². The summed E-state index contributed by atoms with van der Waals surface area (Å²) in [5, 5.41) is 0. The third kappa shape index (κ3) is 4.82. The van der Waals surface area contributed by atoms with Gasteiger partial charge >= 0.3 is 11.9 Å². The number of rotatable bonds is 6. The smallest absolute Gasteiger partial charge is 0.337 e. The van der Waals surface area contributed by atoms with E-state index < -0.39 is 5.97 Å². The van der Waals surface area contributed by atoms with Gasteiger partial charge in [0.15, 0.2) is 0 Å². The summed E-state index contributed by atoms with van der Waals surface area (Å²) >= 11 is 0. The van der Waals surface area contributed by atoms with Crippen LogP contribution < -0.4 is 4.74 Å². The van der Waals surface area contributed by atoms with Gasteiger partial charge in [0, 0.05) is 5.92 Å². The fraction of sp³-hybridized carbons (Fsp3) is 0.130. The van der Waals surface area contributed by atoms with Crippen molar-refractivity contribution in [2.45, 2.75) is 12.3 Å². The SMILES string of the molecule is COC(=O)c1ccc(OC(=O)CC(c2ccccc2)c2ccccc2)cc1. The summed E-state index contributed by atoms with van der Waals surface area (Å²) in [6.45, 7) is 0. The predicted octanol–water partition coefficient (Wildman–Crippen LogP) is 4.60. The lowest BCUT2D eigenvalue weighted by molar-refractivity contribution is -0.134. The minimum absolute atomic E-state index is 0.0887. The second-order valence-electron chi connectivity index (χ2n) is 6.07. The molecule has 0 saturated heterocycles. The first-order chi connectivity index (χ1) is 13.2. The van der Waals surface area contributed by atoms with Crippen molar-refractivity contribution in [3.05, 3.63) is 102 Å². The van der Waals surface area contributed by atoms with E-state index in [9.17, 15) is 9.59 Å². The Labute approximate surface area is 158 Å². The van der Waals surface area contributed by atoms with Gasteiger partial charge in [0.1, 0.15) is 5.75 Å². The molecule has 0 aliphatic rings. The lowest BCUT2D eigenvalue weighted by atomic mass is 9.89. The van der Waals surface area contributed by atoms with Crippen LogP contribution in [0.5, 0.6) is 5.75 Å². The van der Waals surface area contributed by atoms with E-state index in [1.807, 2.05) is 60.7 Å². The van der Waals surface area contributed by atoms with Crippen molar-refractivity contribution in [2.24, 2.45) is 0 Å². The molecule has 0 aromatic heterocycles. The molecule has 0 unspecified atom stereocenters. The van der Waals surface area contributed by atoms with Crippen molar-refractivity contribution in [3.8, 4) is 5.75 Å². The van der Waals surface area contributed by atoms with Crippen molar-refractivity contribution in [2.75, 3.05) is 7.11 Å². The normalized spacial score (nSPS) is 10.4. The molecular weight excluding hydrogens is 340 g/mol. The summed E-state index contributed by atoms with van der Waals surface area (Å²) in [5.41, 5.74) is 2.52. The average Bonchev–Trinajstić information content (AvgIpc) is 2.73. The van der Waals surface area contributed by atoms with Gasteiger partial charge < -0.3 is 9.47 Å². The van der Waals surface area contributed by atoms with Gasteiger partial charge in [-0.1, -0.05) is 60.7 Å². The van der Waals surface area contributed by atoms with Crippen LogP contribution in [0.1, 0.15) is 33.8 Å². The predicted molar refractivity (Wildman–Crippen MR) is 103 cm³/mol. The van der Waals surface area contributed by atoms with E-state index in [1.165, 1.54) is 7.11 Å². The van der Waals surface area contributed by atoms with Gasteiger partial charge in [-0.3, -0.25) is 4.79 Å². The molecule has 27 heavy (non-hydrogen) atoms. The monoisotopic (exact) mass is 360 g/mol. The van der Waals surface area contributed by atoms with Crippen LogP contribution in [0, 0.1) is 0 Å². The molecule has 0 radical (unpaired) electrons. The lowest BCUT2D eigenvalue weighted by Crippen LogP contribution is -2.14. The van der Waals surface area contributed by atoms with Crippen LogP contribution in [-0.2, 0) is 9.53 Å². The van der Waals surface area contributed by atoms with Gasteiger partial charge in [0.2, 0.25) is 0 Å². The van der Waals surface area contributed by atoms with E-state index in [4.69, 9.17) is 4.74 Å². The molecule has 4 heteroatoms. The maximum absolute atomic E-state index is 12.5. The number of carbonyl (C=O) groups excluding carboxylic acids is 2. The Kier molecular flexibility index (Phi) is 6.00. The van der Waals surface area contributed by atoms with Gasteiger partial charge in [-0.25, -0.2) is 4.79 Å². The zero-order chi connectivity index (χ0) is 19.1. The van der Waals surface area contributed by atoms with Crippen molar-refractivity contribution in [1.82, 2.24) is 0 Å². The third-order valence-corrected chi connectivity index (χ3v) is 4.28. The van der Waals surface area contributed by atoms with Gasteiger partial charge in [-0.2, -0.15) is 0 Å². The molecule has 0 N–H and O–H groups in total. The quantitative estimate of drug-likeness (QED) is 0.476. The van der Waals surface area contributed by atoms with E-state index in [2.05, 4.69) is 4.74 Å². The molecule has 0 spiro atoms. The molecule has 0 atom stereocenters. The number of carbonyl (C=O) groups is 2. The fourth-order valence-electron chi connectivity index (χ4n) is 2.92. The van der Waals surface area contributed by atoms with Gasteiger partial charge in [-0.05, 0) is 35.4 Å². The summed E-state index contributed by atoms with van der Waals surface area (Å²) in [6, 6.07) is 26.1. The molecule has 0 aliphatic carbocycles. The summed E-state index contributed by atoms with van der Waals surface area (Å²) < 4.78 is 10.1. The molecule has 0 fully saturated rings. The second kappa shape index (κ2) is 8.81. The molecule has 4 nitrogen and oxygen atoms in total. The first-order valence-corrected chi connectivity index (χ1v) is 8.66. The molecule has 3 aromatic rings. The number of esters is 2. The minimum Gasteiger partial charge on any atom is -0.465 e. The Morgan fingerprint density at radius 1 is 0.778 bits per heavy atom. The topological polar surface area (TPSA) is 52.6 Å². The van der Waals surface area contributed by atoms with Gasteiger partial charge in [-0.15, -0.1) is 0 Å². The standard InChI is InChI=1S/C23H20O4/c1-26-23(25)19-12-14-20(15-13-19)27-22(24)16-21(17-8-4-2-5-9-17)18-10-6-3-7-11-18/h2-15,21H,16H2,1H3. The average molecular weight is 360 g/mol. The molecule has 0 heterocycles. The number of hydrogen-bond acceptors (Lipinski definition) is 4. The largest absolute Gasteiger partial charge is 0.465 e. The summed E-state index contributed by atoms with van der Waals surface area (Å²) in [6.07, 6.45) is 0.215. The number of benzene rings is 3. The Morgan fingerprint density at radius 2 is 1.30 bits per heavy atom. The van der Waals surface area contributed by atoms with Crippen LogP contribution in [-0.4, -0.2) is 19.0 Å². The Bertz CT molecular complexity index is 847. The summed E-state index contributed by atoms with van der Waals surface area (Å²) in [7, 11) is 1.32. The molecule has 3 aromatic carbocycles. The first-order valence-electron chi connectivity index (χ1n) is 8.66. The fourth-order valence-corrected chi connectivity index (χ4v) is 2.92. The number of hydrogen-bond donors (Lipinski definition) is 0. The van der Waals surface area contributed by atoms with Crippen LogP contribution in [0.25, 0.3) is 0 Å². The van der Waals surface area contributed by atoms with Gasteiger partial charge in [0.25, 0.3) is 0 Å². The Hall–Kier alpha value is -3.40. The highest BCUT2D eigenvalue weighted by Gasteiger charge is 2.19. The maximum atomic E-state index is 12.5. The lowest BCUT2D eigenvalue weighted by Gasteiger charge is -2.17. The molecule has 0 saturated carbocycles. The Morgan fingerprint density at radius 3 is 1.78 bits per heavy atom.